The lowest BCUT2D eigenvalue weighted by atomic mass is 10.0. The van der Waals surface area contributed by atoms with Crippen molar-refractivity contribution in [2.45, 2.75) is 20.0 Å². The van der Waals surface area contributed by atoms with Crippen LogP contribution in [0, 0.1) is 6.92 Å². The third kappa shape index (κ3) is 5.19. The van der Waals surface area contributed by atoms with Crippen molar-refractivity contribution in [2.24, 2.45) is 7.05 Å². The Morgan fingerprint density at radius 1 is 1.19 bits per heavy atom. The molecule has 0 saturated heterocycles. The molecule has 4 rings (SSSR count). The Hall–Kier alpha value is -3.90. The van der Waals surface area contributed by atoms with Crippen LogP contribution in [0.5, 0.6) is 5.75 Å². The lowest BCUT2D eigenvalue weighted by molar-refractivity contribution is 0.308. The normalized spacial score (nSPS) is 11.5. The molecule has 0 N–H and O–H groups in total. The van der Waals surface area contributed by atoms with Crippen molar-refractivity contribution in [3.8, 4) is 5.75 Å². The van der Waals surface area contributed by atoms with Gasteiger partial charge in [-0.05, 0) is 36.8 Å². The molecule has 0 aliphatic carbocycles. The first-order valence-corrected chi connectivity index (χ1v) is 12.0. The Morgan fingerprint density at radius 2 is 2.00 bits per heavy atom. The van der Waals surface area contributed by atoms with Gasteiger partial charge in [0.25, 0.3) is 5.56 Å². The zero-order valence-electron chi connectivity index (χ0n) is 21.0. The molecule has 3 heterocycles. The number of hydrogen-bond donors (Lipinski definition) is 0. The van der Waals surface area contributed by atoms with Crippen LogP contribution in [0.2, 0.25) is 5.02 Å². The molecule has 0 fully saturated rings. The highest BCUT2D eigenvalue weighted by Crippen LogP contribution is 2.33. The van der Waals surface area contributed by atoms with Crippen LogP contribution in [-0.2, 0) is 20.1 Å². The summed E-state index contributed by atoms with van der Waals surface area (Å²) < 4.78 is 7.88. The molecule has 6 nitrogen and oxygen atoms in total. The van der Waals surface area contributed by atoms with Gasteiger partial charge in [-0.1, -0.05) is 42.5 Å². The predicted molar refractivity (Wildman–Crippen MR) is 146 cm³/mol. The number of fused-ring (bicyclic) bond motifs is 1. The standard InChI is InChI=1S/C29H29ClN4O2/c1-6-9-26(33(3)4)23-14-19(2)32-28-22(23)11-7-12-27(28)36-18-24-21(16-31-17-25(24)30)15-20-10-8-13-34(5)29(20)35/h6-14,16-17H,1,15,18H2,2-5H3/b26-9-. The van der Waals surface area contributed by atoms with Crippen molar-refractivity contribution in [1.29, 1.82) is 0 Å². The summed E-state index contributed by atoms with van der Waals surface area (Å²) in [5, 5.41) is 1.47. The highest BCUT2D eigenvalue weighted by molar-refractivity contribution is 6.31. The highest BCUT2D eigenvalue weighted by atomic mass is 35.5. The minimum Gasteiger partial charge on any atom is -0.487 e. The van der Waals surface area contributed by atoms with Crippen LogP contribution >= 0.6 is 11.6 Å². The van der Waals surface area contributed by atoms with Crippen molar-refractivity contribution in [3.63, 3.8) is 0 Å². The second-order valence-corrected chi connectivity index (χ2v) is 9.23. The highest BCUT2D eigenvalue weighted by Gasteiger charge is 2.16. The summed E-state index contributed by atoms with van der Waals surface area (Å²) in [7, 11) is 5.75. The number of aryl methyl sites for hydroxylation is 2. The van der Waals surface area contributed by atoms with Crippen LogP contribution in [0.25, 0.3) is 16.6 Å². The summed E-state index contributed by atoms with van der Waals surface area (Å²) in [6, 6.07) is 11.7. The van der Waals surface area contributed by atoms with E-state index in [9.17, 15) is 4.79 Å². The number of aromatic nitrogens is 3. The van der Waals surface area contributed by atoms with Gasteiger partial charge in [-0.3, -0.25) is 9.78 Å². The Kier molecular flexibility index (Phi) is 7.55. The maximum Gasteiger partial charge on any atom is 0.253 e. The molecule has 3 aromatic heterocycles. The zero-order valence-corrected chi connectivity index (χ0v) is 21.7. The number of para-hydroxylation sites is 1. The fraction of sp³-hybridized carbons (Fsp3) is 0.207. The smallest absolute Gasteiger partial charge is 0.253 e. The van der Waals surface area contributed by atoms with Crippen LogP contribution in [0.3, 0.4) is 0 Å². The molecule has 0 unspecified atom stereocenters. The number of hydrogen-bond acceptors (Lipinski definition) is 5. The maximum absolute atomic E-state index is 12.6. The van der Waals surface area contributed by atoms with Crippen molar-refractivity contribution < 1.29 is 4.74 Å². The van der Waals surface area contributed by atoms with Gasteiger partial charge in [-0.15, -0.1) is 0 Å². The van der Waals surface area contributed by atoms with Gasteiger partial charge >= 0.3 is 0 Å². The molecule has 0 aliphatic rings. The van der Waals surface area contributed by atoms with E-state index in [0.717, 1.165) is 39.0 Å². The van der Waals surface area contributed by atoms with Gasteiger partial charge in [0, 0.05) is 79.6 Å². The molecule has 0 saturated carbocycles. The van der Waals surface area contributed by atoms with E-state index in [-0.39, 0.29) is 12.2 Å². The molecule has 0 spiro atoms. The van der Waals surface area contributed by atoms with Crippen molar-refractivity contribution in [2.75, 3.05) is 14.1 Å². The molecule has 4 aromatic rings. The van der Waals surface area contributed by atoms with E-state index < -0.39 is 0 Å². The van der Waals surface area contributed by atoms with Gasteiger partial charge in [0.1, 0.15) is 17.9 Å². The van der Waals surface area contributed by atoms with Crippen LogP contribution in [0.1, 0.15) is 27.9 Å². The van der Waals surface area contributed by atoms with Crippen LogP contribution < -0.4 is 10.3 Å². The third-order valence-electron chi connectivity index (χ3n) is 6.01. The molecule has 184 valence electrons. The Labute approximate surface area is 216 Å². The van der Waals surface area contributed by atoms with E-state index in [1.54, 1.807) is 36.3 Å². The number of ether oxygens (including phenoxy) is 1. The topological polar surface area (TPSA) is 60.3 Å². The van der Waals surface area contributed by atoms with E-state index in [2.05, 4.69) is 22.5 Å². The van der Waals surface area contributed by atoms with Gasteiger partial charge in [-0.25, -0.2) is 4.98 Å². The molecule has 0 atom stereocenters. The molecule has 0 radical (unpaired) electrons. The van der Waals surface area contributed by atoms with E-state index in [1.807, 2.05) is 57.4 Å². The van der Waals surface area contributed by atoms with E-state index in [0.29, 0.717) is 22.8 Å². The van der Waals surface area contributed by atoms with E-state index in [1.165, 1.54) is 0 Å². The van der Waals surface area contributed by atoms with Gasteiger partial charge in [0.2, 0.25) is 0 Å². The monoisotopic (exact) mass is 500 g/mol. The fourth-order valence-corrected chi connectivity index (χ4v) is 4.46. The van der Waals surface area contributed by atoms with E-state index >= 15 is 0 Å². The summed E-state index contributed by atoms with van der Waals surface area (Å²) in [6.07, 6.45) is 9.25. The zero-order chi connectivity index (χ0) is 25.8. The molecule has 7 heteroatoms. The Bertz CT molecular complexity index is 1520. The largest absolute Gasteiger partial charge is 0.487 e. The van der Waals surface area contributed by atoms with Crippen LogP contribution in [-0.4, -0.2) is 33.5 Å². The lowest BCUT2D eigenvalue weighted by Crippen LogP contribution is -2.20. The maximum atomic E-state index is 12.6. The molecular weight excluding hydrogens is 472 g/mol. The second-order valence-electron chi connectivity index (χ2n) is 8.82. The minimum atomic E-state index is -0.0464. The summed E-state index contributed by atoms with van der Waals surface area (Å²) in [5.74, 6) is 0.656. The fourth-order valence-electron chi connectivity index (χ4n) is 4.23. The van der Waals surface area contributed by atoms with Crippen molar-refractivity contribution in [1.82, 2.24) is 19.4 Å². The molecule has 0 aliphatic heterocycles. The van der Waals surface area contributed by atoms with Crippen molar-refractivity contribution in [3.05, 3.63) is 117 Å². The quantitative estimate of drug-likeness (QED) is 0.297. The summed E-state index contributed by atoms with van der Waals surface area (Å²) in [4.78, 5) is 23.7. The Morgan fingerprint density at radius 3 is 2.75 bits per heavy atom. The average Bonchev–Trinajstić information content (AvgIpc) is 2.84. The lowest BCUT2D eigenvalue weighted by Gasteiger charge is -2.20. The number of benzene rings is 1. The number of nitrogens with zero attached hydrogens (tertiary/aromatic N) is 4. The van der Waals surface area contributed by atoms with Gasteiger partial charge < -0.3 is 14.2 Å². The second kappa shape index (κ2) is 10.8. The van der Waals surface area contributed by atoms with Gasteiger partial charge in [-0.2, -0.15) is 0 Å². The number of rotatable bonds is 8. The van der Waals surface area contributed by atoms with Crippen molar-refractivity contribution >= 4 is 28.2 Å². The molecule has 0 amide bonds. The first kappa shape index (κ1) is 25.2. The summed E-state index contributed by atoms with van der Waals surface area (Å²) in [5.41, 5.74) is 6.00. The molecule has 36 heavy (non-hydrogen) atoms. The average molecular weight is 501 g/mol. The first-order chi connectivity index (χ1) is 17.3. The van der Waals surface area contributed by atoms with Crippen LogP contribution in [0.15, 0.2) is 78.5 Å². The first-order valence-electron chi connectivity index (χ1n) is 11.6. The number of pyridine rings is 3. The number of halogens is 1. The third-order valence-corrected chi connectivity index (χ3v) is 6.34. The molecule has 0 bridgehead atoms. The minimum absolute atomic E-state index is 0.0464. The van der Waals surface area contributed by atoms with Crippen LogP contribution in [0.4, 0.5) is 0 Å². The van der Waals surface area contributed by atoms with Gasteiger partial charge in [0.05, 0.1) is 5.02 Å². The molecule has 1 aromatic carbocycles. The summed E-state index contributed by atoms with van der Waals surface area (Å²) >= 11 is 6.55. The van der Waals surface area contributed by atoms with Gasteiger partial charge in [0.15, 0.2) is 0 Å². The predicted octanol–water partition coefficient (Wildman–Crippen LogP) is 5.55. The van der Waals surface area contributed by atoms with E-state index in [4.69, 9.17) is 21.3 Å². The summed E-state index contributed by atoms with van der Waals surface area (Å²) in [6.45, 7) is 6.06. The SMILES string of the molecule is C=C/C=C(/c1cc(C)nc2c(OCc3c(Cl)cncc3Cc3cccn(C)c3=O)cccc12)N(C)C. The Balaban J connectivity index is 1.72. The molecular formula is C29H29ClN4O2. The number of allylic oxidation sites excluding steroid dienone is 2.